The summed E-state index contributed by atoms with van der Waals surface area (Å²) in [6, 6.07) is 21.3. The van der Waals surface area contributed by atoms with Gasteiger partial charge in [0.25, 0.3) is 0 Å². The van der Waals surface area contributed by atoms with Crippen molar-refractivity contribution in [3.05, 3.63) is 66.2 Å². The first-order chi connectivity index (χ1) is 11.5. The highest BCUT2D eigenvalue weighted by molar-refractivity contribution is 6.91. The quantitative estimate of drug-likeness (QED) is 0.693. The fourth-order valence-electron chi connectivity index (χ4n) is 3.42. The largest absolute Gasteiger partial charge is 0.343 e. The average molecular weight is 340 g/mol. The molecule has 1 amide bonds. The van der Waals surface area contributed by atoms with Crippen LogP contribution in [0.4, 0.5) is 0 Å². The minimum absolute atomic E-state index is 0.269. The fraction of sp³-hybridized carbons (Fsp3) is 0.381. The van der Waals surface area contributed by atoms with Crippen molar-refractivity contribution in [3.63, 3.8) is 0 Å². The van der Waals surface area contributed by atoms with Crippen LogP contribution in [0.5, 0.6) is 0 Å². The molecular weight excluding hydrogens is 310 g/mol. The normalized spacial score (nSPS) is 12.7. The number of hydrogen-bond donors (Lipinski definition) is 0. The van der Waals surface area contributed by atoms with Crippen LogP contribution in [0, 0.1) is 0 Å². The Morgan fingerprint density at radius 1 is 0.917 bits per heavy atom. The summed E-state index contributed by atoms with van der Waals surface area (Å²) >= 11 is 0. The smallest absolute Gasteiger partial charge is 0.222 e. The first-order valence-corrected chi connectivity index (χ1v) is 12.0. The van der Waals surface area contributed by atoms with Gasteiger partial charge in [-0.05, 0) is 25.0 Å². The van der Waals surface area contributed by atoms with Crippen molar-refractivity contribution in [1.29, 1.82) is 0 Å². The van der Waals surface area contributed by atoms with Crippen molar-refractivity contribution in [1.82, 2.24) is 4.90 Å². The molecule has 0 heterocycles. The molecule has 0 aliphatic rings. The fourth-order valence-corrected chi connectivity index (χ4v) is 6.59. The van der Waals surface area contributed by atoms with Gasteiger partial charge in [-0.2, -0.15) is 0 Å². The highest BCUT2D eigenvalue weighted by Gasteiger charge is 2.36. The van der Waals surface area contributed by atoms with E-state index in [9.17, 15) is 4.79 Å². The van der Waals surface area contributed by atoms with Crippen LogP contribution < -0.4 is 5.19 Å². The topological polar surface area (TPSA) is 20.3 Å². The summed E-state index contributed by atoms with van der Waals surface area (Å²) in [7, 11) is -1.83. The Hall–Kier alpha value is -1.87. The van der Waals surface area contributed by atoms with Crippen molar-refractivity contribution < 1.29 is 4.79 Å². The van der Waals surface area contributed by atoms with E-state index in [1.54, 1.807) is 0 Å². The van der Waals surface area contributed by atoms with Crippen molar-refractivity contribution in [2.75, 3.05) is 13.1 Å². The van der Waals surface area contributed by atoms with E-state index in [0.29, 0.717) is 6.42 Å². The monoisotopic (exact) mass is 339 g/mol. The van der Waals surface area contributed by atoms with Crippen LogP contribution in [0.3, 0.4) is 0 Å². The highest BCUT2D eigenvalue weighted by Crippen LogP contribution is 2.31. The number of nitrogens with zero attached hydrogens (tertiary/aromatic N) is 1. The van der Waals surface area contributed by atoms with Crippen LogP contribution in [-0.2, 0) is 4.79 Å². The number of benzene rings is 2. The number of carbonyl (C=O) groups is 1. The van der Waals surface area contributed by atoms with Gasteiger partial charge in [0.2, 0.25) is 5.91 Å². The van der Waals surface area contributed by atoms with Crippen LogP contribution in [0.25, 0.3) is 0 Å². The molecule has 0 fully saturated rings. The first-order valence-electron chi connectivity index (χ1n) is 8.88. The van der Waals surface area contributed by atoms with Gasteiger partial charge in [0.15, 0.2) is 0 Å². The third-order valence-corrected chi connectivity index (χ3v) is 9.19. The lowest BCUT2D eigenvalue weighted by Crippen LogP contribution is -2.49. The SMILES string of the molecule is CCN(CC)C(=O)CC(c1ccccc1)[Si](C)(C)c1ccccc1. The molecule has 24 heavy (non-hydrogen) atoms. The third-order valence-electron chi connectivity index (χ3n) is 5.09. The Labute approximate surface area is 147 Å². The van der Waals surface area contributed by atoms with E-state index >= 15 is 0 Å². The molecule has 0 bridgehead atoms. The summed E-state index contributed by atoms with van der Waals surface area (Å²) in [5.74, 6) is 0.269. The minimum Gasteiger partial charge on any atom is -0.343 e. The molecule has 0 N–H and O–H groups in total. The molecule has 0 radical (unpaired) electrons. The Kier molecular flexibility index (Phi) is 6.38. The predicted molar refractivity (Wildman–Crippen MR) is 105 cm³/mol. The number of amides is 1. The van der Waals surface area contributed by atoms with Gasteiger partial charge in [0.05, 0.1) is 8.07 Å². The first kappa shape index (κ1) is 18.5. The summed E-state index contributed by atoms with van der Waals surface area (Å²) in [5.41, 5.74) is 1.58. The van der Waals surface area contributed by atoms with Crippen LogP contribution >= 0.6 is 0 Å². The molecule has 0 aliphatic carbocycles. The summed E-state index contributed by atoms with van der Waals surface area (Å²) in [4.78, 5) is 14.8. The number of hydrogen-bond acceptors (Lipinski definition) is 1. The van der Waals surface area contributed by atoms with Gasteiger partial charge < -0.3 is 4.90 Å². The highest BCUT2D eigenvalue weighted by atomic mass is 28.3. The lowest BCUT2D eigenvalue weighted by molar-refractivity contribution is -0.130. The van der Waals surface area contributed by atoms with Gasteiger partial charge in [0.1, 0.15) is 0 Å². The Morgan fingerprint density at radius 3 is 1.92 bits per heavy atom. The Morgan fingerprint density at radius 2 is 1.42 bits per heavy atom. The second kappa shape index (κ2) is 8.29. The molecule has 1 atom stereocenters. The Balaban J connectivity index is 2.39. The standard InChI is InChI=1S/C21H29NOSi/c1-5-22(6-2)21(23)17-20(18-13-9-7-10-14-18)24(3,4)19-15-11-8-12-16-19/h7-16,20H,5-6,17H2,1-4H3. The zero-order valence-electron chi connectivity index (χ0n) is 15.3. The molecule has 3 heteroatoms. The predicted octanol–water partition coefficient (Wildman–Crippen LogP) is 4.18. The van der Waals surface area contributed by atoms with E-state index in [2.05, 4.69) is 81.5 Å². The van der Waals surface area contributed by atoms with Crippen LogP contribution in [0.2, 0.25) is 13.1 Å². The van der Waals surface area contributed by atoms with Gasteiger partial charge in [-0.25, -0.2) is 0 Å². The van der Waals surface area contributed by atoms with Gasteiger partial charge in [0, 0.05) is 19.5 Å². The molecule has 2 aromatic rings. The van der Waals surface area contributed by atoms with Gasteiger partial charge in [-0.15, -0.1) is 0 Å². The molecule has 0 saturated heterocycles. The summed E-state index contributed by atoms with van der Waals surface area (Å²) in [6.45, 7) is 10.4. The van der Waals surface area contributed by atoms with Gasteiger partial charge in [-0.1, -0.05) is 78.9 Å². The van der Waals surface area contributed by atoms with Crippen molar-refractivity contribution in [2.45, 2.75) is 38.9 Å². The molecule has 0 spiro atoms. The second-order valence-corrected chi connectivity index (χ2v) is 11.5. The zero-order chi connectivity index (χ0) is 17.6. The zero-order valence-corrected chi connectivity index (χ0v) is 16.3. The van der Waals surface area contributed by atoms with Crippen molar-refractivity contribution >= 4 is 19.2 Å². The van der Waals surface area contributed by atoms with E-state index in [1.807, 2.05) is 11.0 Å². The van der Waals surface area contributed by atoms with Crippen LogP contribution in [-0.4, -0.2) is 32.0 Å². The number of carbonyl (C=O) groups excluding carboxylic acids is 1. The molecule has 2 aromatic carbocycles. The minimum atomic E-state index is -1.83. The van der Waals surface area contributed by atoms with Crippen LogP contribution in [0.1, 0.15) is 31.4 Å². The molecule has 0 saturated carbocycles. The number of rotatable bonds is 7. The van der Waals surface area contributed by atoms with E-state index in [1.165, 1.54) is 10.8 Å². The molecule has 2 nitrogen and oxygen atoms in total. The molecule has 1 unspecified atom stereocenters. The lowest BCUT2D eigenvalue weighted by Gasteiger charge is -2.34. The average Bonchev–Trinajstić information content (AvgIpc) is 2.62. The summed E-state index contributed by atoms with van der Waals surface area (Å²) < 4.78 is 0. The maximum absolute atomic E-state index is 12.8. The summed E-state index contributed by atoms with van der Waals surface area (Å²) in [5, 5.41) is 1.41. The second-order valence-electron chi connectivity index (χ2n) is 6.82. The summed E-state index contributed by atoms with van der Waals surface area (Å²) in [6.07, 6.45) is 0.597. The molecule has 128 valence electrons. The molecule has 2 rings (SSSR count). The molecule has 0 aliphatic heterocycles. The molecular formula is C21H29NOSi. The van der Waals surface area contributed by atoms with Crippen LogP contribution in [0.15, 0.2) is 60.7 Å². The van der Waals surface area contributed by atoms with E-state index in [-0.39, 0.29) is 11.4 Å². The lowest BCUT2D eigenvalue weighted by atomic mass is 10.1. The molecule has 0 aromatic heterocycles. The van der Waals surface area contributed by atoms with Gasteiger partial charge in [-0.3, -0.25) is 4.79 Å². The van der Waals surface area contributed by atoms with Crippen molar-refractivity contribution in [2.24, 2.45) is 0 Å². The van der Waals surface area contributed by atoms with E-state index < -0.39 is 8.07 Å². The van der Waals surface area contributed by atoms with Gasteiger partial charge >= 0.3 is 0 Å². The maximum atomic E-state index is 12.8. The van der Waals surface area contributed by atoms with E-state index in [0.717, 1.165) is 13.1 Å². The van der Waals surface area contributed by atoms with Crippen molar-refractivity contribution in [3.8, 4) is 0 Å². The Bertz CT molecular complexity index is 635. The maximum Gasteiger partial charge on any atom is 0.222 e. The van der Waals surface area contributed by atoms with E-state index in [4.69, 9.17) is 0 Å². The third kappa shape index (κ3) is 4.15.